The van der Waals surface area contributed by atoms with Crippen molar-refractivity contribution in [1.82, 2.24) is 10.6 Å². The number of hydrogen-bond donors (Lipinski definition) is 2. The number of nitrogens with one attached hydrogen (secondary N) is 2. The van der Waals surface area contributed by atoms with Crippen LogP contribution in [0.4, 0.5) is 4.39 Å². The second-order valence-electron chi connectivity index (χ2n) is 4.58. The molecule has 0 spiro atoms. The van der Waals surface area contributed by atoms with Crippen LogP contribution in [0, 0.1) is 5.82 Å². The molecule has 0 aliphatic heterocycles. The minimum absolute atomic E-state index is 0.0438. The third kappa shape index (κ3) is 6.68. The molecule has 3 nitrogen and oxygen atoms in total. The van der Waals surface area contributed by atoms with Gasteiger partial charge >= 0.3 is 0 Å². The van der Waals surface area contributed by atoms with E-state index in [9.17, 15) is 9.18 Å². The van der Waals surface area contributed by atoms with Crippen LogP contribution in [0.15, 0.2) is 22.7 Å². The second kappa shape index (κ2) is 8.27. The smallest absolute Gasteiger partial charge is 0.221 e. The third-order valence-electron chi connectivity index (χ3n) is 2.80. The average Bonchev–Trinajstić information content (AvgIpc) is 2.33. The first-order valence-electron chi connectivity index (χ1n) is 6.46. The zero-order chi connectivity index (χ0) is 14.3. The zero-order valence-corrected chi connectivity index (χ0v) is 12.9. The van der Waals surface area contributed by atoms with Gasteiger partial charge in [-0.2, -0.15) is 0 Å². The van der Waals surface area contributed by atoms with Crippen LogP contribution in [0.1, 0.15) is 32.3 Å². The SMILES string of the molecule is CCC(C)NC(=O)CCNCc1cc(F)cc(Br)c1. The number of carbonyl (C=O) groups is 1. The standard InChI is InChI=1S/C14H20BrFN2O/c1-3-10(2)18-14(19)4-5-17-9-11-6-12(15)8-13(16)7-11/h6-8,10,17H,3-5,9H2,1-2H3,(H,18,19). The molecular weight excluding hydrogens is 311 g/mol. The summed E-state index contributed by atoms with van der Waals surface area (Å²) in [6, 6.07) is 4.97. The molecule has 0 heterocycles. The number of carbonyl (C=O) groups excluding carboxylic acids is 1. The van der Waals surface area contributed by atoms with Gasteiger partial charge in [-0.1, -0.05) is 22.9 Å². The molecule has 106 valence electrons. The van der Waals surface area contributed by atoms with E-state index in [0.717, 1.165) is 16.5 Å². The number of halogens is 2. The summed E-state index contributed by atoms with van der Waals surface area (Å²) in [7, 11) is 0. The normalized spacial score (nSPS) is 12.2. The fourth-order valence-electron chi connectivity index (χ4n) is 1.60. The van der Waals surface area contributed by atoms with Crippen molar-refractivity contribution in [3.8, 4) is 0 Å². The monoisotopic (exact) mass is 330 g/mol. The molecule has 1 amide bonds. The summed E-state index contributed by atoms with van der Waals surface area (Å²) in [5.41, 5.74) is 0.856. The molecule has 2 N–H and O–H groups in total. The highest BCUT2D eigenvalue weighted by molar-refractivity contribution is 9.10. The van der Waals surface area contributed by atoms with Crippen molar-refractivity contribution < 1.29 is 9.18 Å². The van der Waals surface area contributed by atoms with Gasteiger partial charge < -0.3 is 10.6 Å². The molecule has 1 aromatic carbocycles. The Morgan fingerprint density at radius 3 is 2.79 bits per heavy atom. The van der Waals surface area contributed by atoms with E-state index in [1.54, 1.807) is 0 Å². The van der Waals surface area contributed by atoms with Gasteiger partial charge in [-0.15, -0.1) is 0 Å². The summed E-state index contributed by atoms with van der Waals surface area (Å²) in [5, 5.41) is 6.03. The van der Waals surface area contributed by atoms with Crippen LogP contribution in [0.2, 0.25) is 0 Å². The van der Waals surface area contributed by atoms with Crippen LogP contribution >= 0.6 is 15.9 Å². The predicted molar refractivity (Wildman–Crippen MR) is 78.3 cm³/mol. The van der Waals surface area contributed by atoms with Gasteiger partial charge in [0.1, 0.15) is 5.82 Å². The summed E-state index contributed by atoms with van der Waals surface area (Å²) < 4.78 is 13.8. The highest BCUT2D eigenvalue weighted by Crippen LogP contribution is 2.14. The van der Waals surface area contributed by atoms with Crippen LogP contribution in [0.25, 0.3) is 0 Å². The number of hydrogen-bond acceptors (Lipinski definition) is 2. The number of benzene rings is 1. The minimum Gasteiger partial charge on any atom is -0.354 e. The number of rotatable bonds is 7. The first kappa shape index (κ1) is 16.1. The minimum atomic E-state index is -0.263. The maximum atomic E-state index is 13.1. The maximum absolute atomic E-state index is 13.1. The van der Waals surface area contributed by atoms with Gasteiger partial charge in [-0.25, -0.2) is 4.39 Å². The third-order valence-corrected chi connectivity index (χ3v) is 3.26. The van der Waals surface area contributed by atoms with Crippen molar-refractivity contribution in [1.29, 1.82) is 0 Å². The molecule has 0 saturated carbocycles. The fourth-order valence-corrected chi connectivity index (χ4v) is 2.11. The number of amides is 1. The summed E-state index contributed by atoms with van der Waals surface area (Å²) >= 11 is 3.25. The lowest BCUT2D eigenvalue weighted by Gasteiger charge is -2.11. The lowest BCUT2D eigenvalue weighted by Crippen LogP contribution is -2.33. The van der Waals surface area contributed by atoms with E-state index in [1.165, 1.54) is 12.1 Å². The van der Waals surface area contributed by atoms with Crippen LogP contribution in [-0.2, 0) is 11.3 Å². The van der Waals surface area contributed by atoms with Gasteiger partial charge in [-0.3, -0.25) is 4.79 Å². The fraction of sp³-hybridized carbons (Fsp3) is 0.500. The second-order valence-corrected chi connectivity index (χ2v) is 5.50. The molecule has 0 fully saturated rings. The van der Waals surface area contributed by atoms with Crippen LogP contribution in [-0.4, -0.2) is 18.5 Å². The predicted octanol–water partition coefficient (Wildman–Crippen LogP) is 2.98. The Morgan fingerprint density at radius 2 is 2.16 bits per heavy atom. The van der Waals surface area contributed by atoms with E-state index in [2.05, 4.69) is 26.6 Å². The van der Waals surface area contributed by atoms with E-state index in [4.69, 9.17) is 0 Å². The Bertz CT molecular complexity index is 406. The Hall–Kier alpha value is -0.940. The molecule has 0 radical (unpaired) electrons. The maximum Gasteiger partial charge on any atom is 0.221 e. The Balaban J connectivity index is 2.25. The molecule has 0 aliphatic carbocycles. The molecule has 5 heteroatoms. The zero-order valence-electron chi connectivity index (χ0n) is 11.3. The molecule has 0 bridgehead atoms. The molecule has 1 atom stereocenters. The van der Waals surface area contributed by atoms with Crippen LogP contribution in [0.5, 0.6) is 0 Å². The molecule has 1 unspecified atom stereocenters. The largest absolute Gasteiger partial charge is 0.354 e. The van der Waals surface area contributed by atoms with Crippen molar-refractivity contribution >= 4 is 21.8 Å². The Morgan fingerprint density at radius 1 is 1.42 bits per heavy atom. The van der Waals surface area contributed by atoms with Crippen LogP contribution < -0.4 is 10.6 Å². The van der Waals surface area contributed by atoms with Gasteiger partial charge in [0.15, 0.2) is 0 Å². The molecule has 0 saturated heterocycles. The van der Waals surface area contributed by atoms with Crippen molar-refractivity contribution in [2.45, 2.75) is 39.3 Å². The Kier molecular flexibility index (Phi) is 7.02. The quantitative estimate of drug-likeness (QED) is 0.754. The van der Waals surface area contributed by atoms with Gasteiger partial charge in [0, 0.05) is 30.0 Å². The molecule has 0 aromatic heterocycles. The van der Waals surface area contributed by atoms with E-state index in [0.29, 0.717) is 19.5 Å². The first-order chi connectivity index (χ1) is 9.01. The highest BCUT2D eigenvalue weighted by atomic mass is 79.9. The van der Waals surface area contributed by atoms with Crippen molar-refractivity contribution in [2.24, 2.45) is 0 Å². The average molecular weight is 331 g/mol. The highest BCUT2D eigenvalue weighted by Gasteiger charge is 2.05. The molecule has 1 rings (SSSR count). The van der Waals surface area contributed by atoms with Crippen molar-refractivity contribution in [3.05, 3.63) is 34.1 Å². The Labute approximate surface area is 122 Å². The lowest BCUT2D eigenvalue weighted by atomic mass is 10.2. The molecule has 1 aromatic rings. The van der Waals surface area contributed by atoms with Crippen molar-refractivity contribution in [3.63, 3.8) is 0 Å². The topological polar surface area (TPSA) is 41.1 Å². The van der Waals surface area contributed by atoms with Gasteiger partial charge in [0.05, 0.1) is 0 Å². The van der Waals surface area contributed by atoms with Crippen LogP contribution in [0.3, 0.4) is 0 Å². The summed E-state index contributed by atoms with van der Waals surface area (Å²) in [6.45, 7) is 5.14. The molecule has 0 aliphatic rings. The van der Waals surface area contributed by atoms with Gasteiger partial charge in [-0.05, 0) is 37.1 Å². The van der Waals surface area contributed by atoms with Crippen molar-refractivity contribution in [2.75, 3.05) is 6.54 Å². The lowest BCUT2D eigenvalue weighted by molar-refractivity contribution is -0.121. The summed E-state index contributed by atoms with van der Waals surface area (Å²) in [5.74, 6) is -0.219. The molecule has 19 heavy (non-hydrogen) atoms. The summed E-state index contributed by atoms with van der Waals surface area (Å²) in [4.78, 5) is 11.5. The molecular formula is C14H20BrFN2O. The van der Waals surface area contributed by atoms with Gasteiger partial charge in [0.25, 0.3) is 0 Å². The summed E-state index contributed by atoms with van der Waals surface area (Å²) in [6.07, 6.45) is 1.36. The van der Waals surface area contributed by atoms with E-state index < -0.39 is 0 Å². The first-order valence-corrected chi connectivity index (χ1v) is 7.25. The van der Waals surface area contributed by atoms with E-state index in [-0.39, 0.29) is 17.8 Å². The van der Waals surface area contributed by atoms with Gasteiger partial charge in [0.2, 0.25) is 5.91 Å². The van der Waals surface area contributed by atoms with E-state index in [1.807, 2.05) is 19.9 Å². The van der Waals surface area contributed by atoms with E-state index >= 15 is 0 Å².